The Hall–Kier alpha value is -3.04. The number of hydrogen-bond donors (Lipinski definition) is 0. The van der Waals surface area contributed by atoms with Crippen LogP contribution in [0.3, 0.4) is 0 Å². The molecule has 0 aliphatic carbocycles. The second kappa shape index (κ2) is 11.0. The van der Waals surface area contributed by atoms with Crippen molar-refractivity contribution in [2.24, 2.45) is 0 Å². The molecule has 170 valence electrons. The first-order valence-electron chi connectivity index (χ1n) is 10.9. The first-order chi connectivity index (χ1) is 15.1. The van der Waals surface area contributed by atoms with Crippen LogP contribution in [-0.2, 0) is 10.8 Å². The van der Waals surface area contributed by atoms with Crippen LogP contribution >= 0.6 is 0 Å². The van der Waals surface area contributed by atoms with E-state index in [9.17, 15) is 10.1 Å². The molecular weight excluding hydrogens is 416 g/mol. The average Bonchev–Trinajstić information content (AvgIpc) is 2.76. The number of nitrogens with zero attached hydrogens (tertiary/aromatic N) is 2. The second-order valence-corrected chi connectivity index (χ2v) is 13.6. The standard InChI is InChI=1S/C26H34N2O3Si/c1-19(2)32(20(3)4,31-25-13-12-24(30-7)16-23(25)17-27)18-22-10-8-9-21(15-22)11-14-26(29)28(5)6/h8-16,19-20H,18H2,1-7H3/b14-11+. The molecule has 0 spiro atoms. The normalized spacial score (nSPS) is 11.6. The van der Waals surface area contributed by atoms with Crippen LogP contribution in [0.4, 0.5) is 0 Å². The van der Waals surface area contributed by atoms with Crippen molar-refractivity contribution >= 4 is 20.3 Å². The summed E-state index contributed by atoms with van der Waals surface area (Å²) in [6, 6.07) is 16.7. The number of carbonyl (C=O) groups is 1. The van der Waals surface area contributed by atoms with Crippen LogP contribution in [0.2, 0.25) is 11.1 Å². The van der Waals surface area contributed by atoms with E-state index in [0.29, 0.717) is 28.1 Å². The second-order valence-electron chi connectivity index (χ2n) is 8.83. The highest BCUT2D eigenvalue weighted by atomic mass is 28.4. The third-order valence-electron chi connectivity index (χ3n) is 5.85. The van der Waals surface area contributed by atoms with E-state index in [2.05, 4.69) is 45.9 Å². The number of nitriles is 1. The van der Waals surface area contributed by atoms with E-state index in [1.54, 1.807) is 38.2 Å². The van der Waals surface area contributed by atoms with Gasteiger partial charge in [-0.25, -0.2) is 0 Å². The van der Waals surface area contributed by atoms with Gasteiger partial charge in [-0.3, -0.25) is 4.79 Å². The molecule has 0 saturated heterocycles. The highest BCUT2D eigenvalue weighted by Gasteiger charge is 2.44. The van der Waals surface area contributed by atoms with E-state index in [1.165, 1.54) is 5.56 Å². The van der Waals surface area contributed by atoms with E-state index in [4.69, 9.17) is 9.16 Å². The Morgan fingerprint density at radius 3 is 2.38 bits per heavy atom. The summed E-state index contributed by atoms with van der Waals surface area (Å²) in [6.07, 6.45) is 3.43. The lowest BCUT2D eigenvalue weighted by atomic mass is 10.1. The molecule has 0 fully saturated rings. The zero-order chi connectivity index (χ0) is 23.9. The largest absolute Gasteiger partial charge is 0.542 e. The fraction of sp³-hybridized carbons (Fsp3) is 0.385. The van der Waals surface area contributed by atoms with Gasteiger partial charge in [0.2, 0.25) is 5.91 Å². The van der Waals surface area contributed by atoms with Gasteiger partial charge in [0.25, 0.3) is 8.32 Å². The SMILES string of the molecule is COc1ccc(O[Si](Cc2cccc(/C=C/C(=O)N(C)C)c2)(C(C)C)C(C)C)c(C#N)c1. The highest BCUT2D eigenvalue weighted by molar-refractivity contribution is 6.76. The van der Waals surface area contributed by atoms with Crippen molar-refractivity contribution in [3.05, 3.63) is 65.2 Å². The third-order valence-corrected chi connectivity index (χ3v) is 11.3. The number of hydrogen-bond acceptors (Lipinski definition) is 4. The molecule has 32 heavy (non-hydrogen) atoms. The maximum absolute atomic E-state index is 11.9. The summed E-state index contributed by atoms with van der Waals surface area (Å²) in [4.78, 5) is 13.5. The molecule has 2 rings (SSSR count). The van der Waals surface area contributed by atoms with E-state index < -0.39 is 8.32 Å². The van der Waals surface area contributed by atoms with Gasteiger partial charge >= 0.3 is 0 Å². The van der Waals surface area contributed by atoms with Gasteiger partial charge in [0.15, 0.2) is 0 Å². The maximum Gasteiger partial charge on any atom is 0.260 e. The Kier molecular flexibility index (Phi) is 8.68. The molecule has 0 bridgehead atoms. The number of amides is 1. The van der Waals surface area contributed by atoms with Crippen LogP contribution in [0.1, 0.15) is 44.4 Å². The summed E-state index contributed by atoms with van der Waals surface area (Å²) >= 11 is 0. The van der Waals surface area contributed by atoms with Crippen molar-refractivity contribution in [3.8, 4) is 17.6 Å². The van der Waals surface area contributed by atoms with Crippen molar-refractivity contribution in [2.75, 3.05) is 21.2 Å². The van der Waals surface area contributed by atoms with Crippen molar-refractivity contribution in [1.82, 2.24) is 4.90 Å². The van der Waals surface area contributed by atoms with E-state index in [0.717, 1.165) is 11.6 Å². The number of carbonyl (C=O) groups excluding carboxylic acids is 1. The van der Waals surface area contributed by atoms with Gasteiger partial charge in [-0.1, -0.05) is 52.0 Å². The Morgan fingerprint density at radius 2 is 1.81 bits per heavy atom. The summed E-state index contributed by atoms with van der Waals surface area (Å²) in [5, 5.41) is 9.67. The van der Waals surface area contributed by atoms with E-state index in [1.807, 2.05) is 30.3 Å². The summed E-state index contributed by atoms with van der Waals surface area (Å²) in [7, 11) is 2.68. The highest BCUT2D eigenvalue weighted by Crippen LogP contribution is 2.39. The van der Waals surface area contributed by atoms with Gasteiger partial charge in [0, 0.05) is 32.3 Å². The Bertz CT molecular complexity index is 998. The number of likely N-dealkylation sites (N-methyl/N-ethyl adjacent to an activating group) is 1. The zero-order valence-electron chi connectivity index (χ0n) is 20.2. The number of rotatable bonds is 9. The first-order valence-corrected chi connectivity index (χ1v) is 13.2. The van der Waals surface area contributed by atoms with Gasteiger partial charge in [-0.2, -0.15) is 5.26 Å². The fourth-order valence-electron chi connectivity index (χ4n) is 3.81. The summed E-state index contributed by atoms with van der Waals surface area (Å²) in [5.74, 6) is 1.22. The summed E-state index contributed by atoms with van der Waals surface area (Å²) in [5.41, 5.74) is 3.29. The predicted octanol–water partition coefficient (Wildman–Crippen LogP) is 5.59. The van der Waals surface area contributed by atoms with Crippen molar-refractivity contribution < 1.29 is 14.0 Å². The molecule has 1 amide bonds. The van der Waals surface area contributed by atoms with Crippen LogP contribution in [0.25, 0.3) is 6.08 Å². The first kappa shape index (κ1) is 25.2. The minimum absolute atomic E-state index is 0.0460. The van der Waals surface area contributed by atoms with Gasteiger partial charge in [0.05, 0.1) is 12.7 Å². The Labute approximate surface area is 193 Å². The molecule has 0 aliphatic heterocycles. The van der Waals surface area contributed by atoms with Crippen LogP contribution in [0.5, 0.6) is 11.5 Å². The van der Waals surface area contributed by atoms with Crippen molar-refractivity contribution in [3.63, 3.8) is 0 Å². The topological polar surface area (TPSA) is 62.6 Å². The number of benzene rings is 2. The van der Waals surface area contributed by atoms with Gasteiger partial charge in [-0.05, 0) is 40.4 Å². The van der Waals surface area contributed by atoms with Crippen LogP contribution in [0, 0.1) is 11.3 Å². The van der Waals surface area contributed by atoms with Gasteiger partial charge < -0.3 is 14.1 Å². The molecule has 2 aromatic carbocycles. The molecule has 0 saturated carbocycles. The average molecular weight is 451 g/mol. The molecule has 0 N–H and O–H groups in total. The van der Waals surface area contributed by atoms with Crippen molar-refractivity contribution in [2.45, 2.75) is 44.8 Å². The fourth-order valence-corrected chi connectivity index (χ4v) is 7.95. The lowest BCUT2D eigenvalue weighted by Gasteiger charge is -2.39. The molecule has 6 heteroatoms. The molecule has 0 heterocycles. The lowest BCUT2D eigenvalue weighted by Crippen LogP contribution is -2.50. The molecule has 0 atom stereocenters. The molecule has 0 aromatic heterocycles. The van der Waals surface area contributed by atoms with E-state index >= 15 is 0 Å². The monoisotopic (exact) mass is 450 g/mol. The molecule has 0 unspecified atom stereocenters. The lowest BCUT2D eigenvalue weighted by molar-refractivity contribution is -0.123. The predicted molar refractivity (Wildman–Crippen MR) is 132 cm³/mol. The van der Waals surface area contributed by atoms with Gasteiger partial charge in [0.1, 0.15) is 17.6 Å². The van der Waals surface area contributed by atoms with Crippen LogP contribution in [0.15, 0.2) is 48.5 Å². The van der Waals surface area contributed by atoms with Crippen LogP contribution < -0.4 is 9.16 Å². The Morgan fingerprint density at radius 1 is 1.12 bits per heavy atom. The minimum Gasteiger partial charge on any atom is -0.542 e. The third kappa shape index (κ3) is 6.01. The maximum atomic E-state index is 11.9. The molecule has 2 aromatic rings. The molecule has 5 nitrogen and oxygen atoms in total. The molecule has 0 aliphatic rings. The number of ether oxygens (including phenoxy) is 1. The van der Waals surface area contributed by atoms with Gasteiger partial charge in [-0.15, -0.1) is 0 Å². The Balaban J connectivity index is 2.42. The van der Waals surface area contributed by atoms with Crippen LogP contribution in [-0.4, -0.2) is 40.3 Å². The van der Waals surface area contributed by atoms with E-state index in [-0.39, 0.29) is 5.91 Å². The quantitative estimate of drug-likeness (QED) is 0.369. The smallest absolute Gasteiger partial charge is 0.260 e. The zero-order valence-corrected chi connectivity index (χ0v) is 21.2. The summed E-state index contributed by atoms with van der Waals surface area (Å²) in [6.45, 7) is 8.84. The van der Waals surface area contributed by atoms with Crippen molar-refractivity contribution in [1.29, 1.82) is 5.26 Å². The number of methoxy groups -OCH3 is 1. The molecule has 0 radical (unpaired) electrons. The molecular formula is C26H34N2O3Si. The minimum atomic E-state index is -2.38. The summed E-state index contributed by atoms with van der Waals surface area (Å²) < 4.78 is 12.1.